The molecule has 1 fully saturated rings. The summed E-state index contributed by atoms with van der Waals surface area (Å²) in [6.07, 6.45) is 1.91. The van der Waals surface area contributed by atoms with Crippen molar-refractivity contribution in [3.8, 4) is 0 Å². The molecule has 0 bridgehead atoms. The largest absolute Gasteiger partial charge is 0.480 e. The van der Waals surface area contributed by atoms with Crippen molar-refractivity contribution in [3.05, 3.63) is 0 Å². The minimum atomic E-state index is -1.03. The van der Waals surface area contributed by atoms with E-state index in [-0.39, 0.29) is 12.6 Å². The van der Waals surface area contributed by atoms with Crippen molar-refractivity contribution in [2.75, 3.05) is 33.4 Å². The summed E-state index contributed by atoms with van der Waals surface area (Å²) >= 11 is 0. The molecule has 16 heavy (non-hydrogen) atoms. The lowest BCUT2D eigenvalue weighted by Crippen LogP contribution is -2.42. The summed E-state index contributed by atoms with van der Waals surface area (Å²) in [6.45, 7) is 1.80. The molecule has 0 unspecified atom stereocenters. The van der Waals surface area contributed by atoms with Crippen molar-refractivity contribution < 1.29 is 19.4 Å². The van der Waals surface area contributed by atoms with Crippen molar-refractivity contribution in [2.24, 2.45) is 5.92 Å². The van der Waals surface area contributed by atoms with E-state index in [2.05, 4.69) is 5.32 Å². The fourth-order valence-electron chi connectivity index (χ4n) is 1.69. The van der Waals surface area contributed by atoms with E-state index in [1.165, 1.54) is 4.90 Å². The SMILES string of the molecule is CN(CC1CCOCC1)C(=O)NCC(=O)O. The third kappa shape index (κ3) is 4.48. The number of carbonyl (C=O) groups is 2. The third-order valence-corrected chi connectivity index (χ3v) is 2.61. The van der Waals surface area contributed by atoms with Crippen LogP contribution in [0.2, 0.25) is 0 Å². The second-order valence-electron chi connectivity index (χ2n) is 3.99. The number of nitrogens with one attached hydrogen (secondary N) is 1. The molecule has 1 aliphatic heterocycles. The molecule has 1 aliphatic rings. The molecule has 0 aliphatic carbocycles. The first-order chi connectivity index (χ1) is 7.59. The molecule has 0 aromatic heterocycles. The number of hydrogen-bond donors (Lipinski definition) is 2. The highest BCUT2D eigenvalue weighted by Crippen LogP contribution is 2.15. The van der Waals surface area contributed by atoms with Crippen molar-refractivity contribution >= 4 is 12.0 Å². The van der Waals surface area contributed by atoms with Gasteiger partial charge in [0.2, 0.25) is 0 Å². The first kappa shape index (κ1) is 12.8. The number of ether oxygens (including phenoxy) is 1. The van der Waals surface area contributed by atoms with Gasteiger partial charge in [-0.3, -0.25) is 4.79 Å². The first-order valence-corrected chi connectivity index (χ1v) is 5.38. The van der Waals surface area contributed by atoms with Crippen molar-refractivity contribution in [3.63, 3.8) is 0 Å². The van der Waals surface area contributed by atoms with Gasteiger partial charge >= 0.3 is 12.0 Å². The Hall–Kier alpha value is -1.30. The van der Waals surface area contributed by atoms with E-state index < -0.39 is 5.97 Å². The molecule has 2 amide bonds. The van der Waals surface area contributed by atoms with Crippen LogP contribution in [0.4, 0.5) is 4.79 Å². The van der Waals surface area contributed by atoms with Crippen LogP contribution in [-0.4, -0.2) is 55.4 Å². The van der Waals surface area contributed by atoms with Crippen LogP contribution in [-0.2, 0) is 9.53 Å². The molecule has 1 heterocycles. The molecule has 6 nitrogen and oxygen atoms in total. The second kappa shape index (κ2) is 6.32. The highest BCUT2D eigenvalue weighted by molar-refractivity contribution is 5.79. The number of aliphatic carboxylic acids is 1. The van der Waals surface area contributed by atoms with E-state index in [9.17, 15) is 9.59 Å². The maximum Gasteiger partial charge on any atom is 0.323 e. The number of rotatable bonds is 4. The highest BCUT2D eigenvalue weighted by atomic mass is 16.5. The van der Waals surface area contributed by atoms with Crippen LogP contribution < -0.4 is 5.32 Å². The molecule has 1 rings (SSSR count). The number of carboxylic acids is 1. The highest BCUT2D eigenvalue weighted by Gasteiger charge is 2.18. The molecule has 0 radical (unpaired) electrons. The monoisotopic (exact) mass is 230 g/mol. The first-order valence-electron chi connectivity index (χ1n) is 5.38. The van der Waals surface area contributed by atoms with Crippen LogP contribution in [0.15, 0.2) is 0 Å². The Balaban J connectivity index is 2.24. The normalized spacial score (nSPS) is 16.8. The van der Waals surface area contributed by atoms with Gasteiger partial charge in [0, 0.05) is 26.8 Å². The Morgan fingerprint density at radius 1 is 1.44 bits per heavy atom. The molecule has 0 atom stereocenters. The van der Waals surface area contributed by atoms with Gasteiger partial charge < -0.3 is 20.1 Å². The molecule has 6 heteroatoms. The lowest BCUT2D eigenvalue weighted by atomic mass is 10.0. The summed E-state index contributed by atoms with van der Waals surface area (Å²) in [5, 5.41) is 10.7. The van der Waals surface area contributed by atoms with Crippen LogP contribution in [0.3, 0.4) is 0 Å². The number of carboxylic acid groups (broad SMARTS) is 1. The topological polar surface area (TPSA) is 78.9 Å². The maximum atomic E-state index is 11.4. The number of nitrogens with zero attached hydrogens (tertiary/aromatic N) is 1. The molecule has 0 saturated carbocycles. The molecule has 0 aromatic carbocycles. The molecular weight excluding hydrogens is 212 g/mol. The minimum Gasteiger partial charge on any atom is -0.480 e. The van der Waals surface area contributed by atoms with E-state index in [0.29, 0.717) is 12.5 Å². The van der Waals surface area contributed by atoms with Gasteiger partial charge in [0.1, 0.15) is 6.54 Å². The van der Waals surface area contributed by atoms with Crippen LogP contribution >= 0.6 is 0 Å². The zero-order valence-electron chi connectivity index (χ0n) is 9.44. The summed E-state index contributed by atoms with van der Waals surface area (Å²) in [6, 6.07) is -0.339. The van der Waals surface area contributed by atoms with Crippen LogP contribution in [0, 0.1) is 5.92 Å². The molecule has 2 N–H and O–H groups in total. The molecular formula is C10H18N2O4. The Morgan fingerprint density at radius 3 is 2.62 bits per heavy atom. The van der Waals surface area contributed by atoms with Crippen LogP contribution in [0.1, 0.15) is 12.8 Å². The van der Waals surface area contributed by atoms with Gasteiger partial charge in [0.15, 0.2) is 0 Å². The Bertz CT molecular complexity index is 251. The van der Waals surface area contributed by atoms with E-state index in [0.717, 1.165) is 26.1 Å². The number of amides is 2. The van der Waals surface area contributed by atoms with Gasteiger partial charge in [-0.05, 0) is 18.8 Å². The fraction of sp³-hybridized carbons (Fsp3) is 0.800. The summed E-state index contributed by atoms with van der Waals surface area (Å²) in [7, 11) is 1.67. The van der Waals surface area contributed by atoms with Crippen molar-refractivity contribution in [2.45, 2.75) is 12.8 Å². The summed E-state index contributed by atoms with van der Waals surface area (Å²) in [5.41, 5.74) is 0. The molecule has 0 spiro atoms. The Labute approximate surface area is 94.6 Å². The average Bonchev–Trinajstić information content (AvgIpc) is 2.27. The third-order valence-electron chi connectivity index (χ3n) is 2.61. The van der Waals surface area contributed by atoms with E-state index >= 15 is 0 Å². The Kier molecular flexibility index (Phi) is 5.04. The molecule has 92 valence electrons. The summed E-state index contributed by atoms with van der Waals surface area (Å²) < 4.78 is 5.22. The summed E-state index contributed by atoms with van der Waals surface area (Å²) in [4.78, 5) is 23.2. The van der Waals surface area contributed by atoms with Crippen LogP contribution in [0.5, 0.6) is 0 Å². The average molecular weight is 230 g/mol. The second-order valence-corrected chi connectivity index (χ2v) is 3.99. The molecule has 1 saturated heterocycles. The van der Waals surface area contributed by atoms with Crippen molar-refractivity contribution in [1.29, 1.82) is 0 Å². The van der Waals surface area contributed by atoms with Gasteiger partial charge in [-0.1, -0.05) is 0 Å². The smallest absolute Gasteiger partial charge is 0.323 e. The predicted molar refractivity (Wildman–Crippen MR) is 57.2 cm³/mol. The van der Waals surface area contributed by atoms with E-state index in [4.69, 9.17) is 9.84 Å². The minimum absolute atomic E-state index is 0.336. The number of urea groups is 1. The van der Waals surface area contributed by atoms with Crippen molar-refractivity contribution in [1.82, 2.24) is 10.2 Å². The van der Waals surface area contributed by atoms with E-state index in [1.807, 2.05) is 0 Å². The van der Waals surface area contributed by atoms with Gasteiger partial charge in [-0.2, -0.15) is 0 Å². The maximum absolute atomic E-state index is 11.4. The van der Waals surface area contributed by atoms with Gasteiger partial charge in [-0.15, -0.1) is 0 Å². The van der Waals surface area contributed by atoms with Gasteiger partial charge in [0.05, 0.1) is 0 Å². The van der Waals surface area contributed by atoms with Gasteiger partial charge in [0.25, 0.3) is 0 Å². The number of carbonyl (C=O) groups excluding carboxylic acids is 1. The zero-order valence-corrected chi connectivity index (χ0v) is 9.44. The molecule has 0 aromatic rings. The summed E-state index contributed by atoms with van der Waals surface area (Å²) in [5.74, 6) is -0.581. The predicted octanol–water partition coefficient (Wildman–Crippen LogP) is 0.139. The number of hydrogen-bond acceptors (Lipinski definition) is 3. The zero-order chi connectivity index (χ0) is 12.0. The standard InChI is InChI=1S/C10H18N2O4/c1-12(10(15)11-6-9(13)14)7-8-2-4-16-5-3-8/h8H,2-7H2,1H3,(H,11,15)(H,13,14). The lowest BCUT2D eigenvalue weighted by molar-refractivity contribution is -0.135. The fourth-order valence-corrected chi connectivity index (χ4v) is 1.69. The van der Waals surface area contributed by atoms with Gasteiger partial charge in [-0.25, -0.2) is 4.79 Å². The quantitative estimate of drug-likeness (QED) is 0.720. The van der Waals surface area contributed by atoms with E-state index in [1.54, 1.807) is 7.05 Å². The Morgan fingerprint density at radius 2 is 2.06 bits per heavy atom. The lowest BCUT2D eigenvalue weighted by Gasteiger charge is -2.27. The van der Waals surface area contributed by atoms with Crippen LogP contribution in [0.25, 0.3) is 0 Å².